The summed E-state index contributed by atoms with van der Waals surface area (Å²) in [4.78, 5) is 16.0. The third kappa shape index (κ3) is 3.61. The molecule has 168 valence electrons. The first-order chi connectivity index (χ1) is 15.9. The monoisotopic (exact) mass is 481 g/mol. The van der Waals surface area contributed by atoms with Crippen molar-refractivity contribution in [2.45, 2.75) is 13.0 Å². The molecule has 1 N–H and O–H groups in total. The third-order valence-corrected chi connectivity index (χ3v) is 7.36. The average molecular weight is 482 g/mol. The van der Waals surface area contributed by atoms with Crippen LogP contribution >= 0.6 is 23.1 Å². The zero-order chi connectivity index (χ0) is 23.3. The fourth-order valence-electron chi connectivity index (χ4n) is 4.56. The molecule has 0 radical (unpaired) electrons. The highest BCUT2D eigenvalue weighted by Gasteiger charge is 2.29. The molecule has 0 saturated carbocycles. The number of rotatable bonds is 3. The number of fused-ring (bicyclic) bond motifs is 2. The summed E-state index contributed by atoms with van der Waals surface area (Å²) < 4.78 is 20.3. The number of nitrogens with zero attached hydrogens (tertiary/aromatic N) is 3. The van der Waals surface area contributed by atoms with Crippen molar-refractivity contribution in [1.29, 1.82) is 0 Å². The topological polar surface area (TPSA) is 56.7 Å². The highest BCUT2D eigenvalue weighted by molar-refractivity contribution is 7.11. The summed E-state index contributed by atoms with van der Waals surface area (Å²) in [5.41, 5.74) is 0.997. The molecular formula is C25H21ClFN3O2S. The summed E-state index contributed by atoms with van der Waals surface area (Å²) in [6, 6.07) is 12.4. The number of phenolic OH excluding ortho intramolecular Hbond substituents is 1. The van der Waals surface area contributed by atoms with Crippen molar-refractivity contribution < 1.29 is 14.3 Å². The SMILES string of the molecule is C=CC(=O)N1CCN(c2snc3c(F)c(-c4cc(O)cc5ccccc45)c(Cl)cc23)C[C@H]1C. The smallest absolute Gasteiger partial charge is 0.246 e. The van der Waals surface area contributed by atoms with Crippen LogP contribution in [-0.4, -0.2) is 46.0 Å². The summed E-state index contributed by atoms with van der Waals surface area (Å²) >= 11 is 7.87. The van der Waals surface area contributed by atoms with Crippen LogP contribution < -0.4 is 4.90 Å². The summed E-state index contributed by atoms with van der Waals surface area (Å²) in [5, 5.41) is 13.5. The Morgan fingerprint density at radius 2 is 2.06 bits per heavy atom. The highest BCUT2D eigenvalue weighted by Crippen LogP contribution is 2.44. The number of carbonyl (C=O) groups is 1. The van der Waals surface area contributed by atoms with Gasteiger partial charge in [-0.3, -0.25) is 4.79 Å². The lowest BCUT2D eigenvalue weighted by Crippen LogP contribution is -2.53. The molecule has 1 aliphatic heterocycles. The Hall–Kier alpha value is -3.16. The molecule has 5 rings (SSSR count). The Morgan fingerprint density at radius 1 is 1.27 bits per heavy atom. The van der Waals surface area contributed by atoms with Crippen molar-refractivity contribution in [2.75, 3.05) is 24.5 Å². The quantitative estimate of drug-likeness (QED) is 0.373. The van der Waals surface area contributed by atoms with Gasteiger partial charge in [-0.15, -0.1) is 0 Å². The van der Waals surface area contributed by atoms with Crippen molar-refractivity contribution >= 4 is 55.7 Å². The van der Waals surface area contributed by atoms with E-state index in [1.165, 1.54) is 23.7 Å². The first kappa shape index (κ1) is 21.7. The molecule has 0 aliphatic carbocycles. The largest absolute Gasteiger partial charge is 0.508 e. The van der Waals surface area contributed by atoms with Crippen LogP contribution in [0.4, 0.5) is 9.39 Å². The minimum Gasteiger partial charge on any atom is -0.508 e. The number of anilines is 1. The molecule has 1 aromatic heterocycles. The van der Waals surface area contributed by atoms with Gasteiger partial charge in [0, 0.05) is 36.6 Å². The Bertz CT molecular complexity index is 1420. The van der Waals surface area contributed by atoms with Gasteiger partial charge in [-0.2, -0.15) is 4.37 Å². The van der Waals surface area contributed by atoms with E-state index < -0.39 is 5.82 Å². The minimum absolute atomic E-state index is 0.0142. The van der Waals surface area contributed by atoms with E-state index >= 15 is 4.39 Å². The van der Waals surface area contributed by atoms with E-state index in [0.717, 1.165) is 15.8 Å². The molecule has 33 heavy (non-hydrogen) atoms. The van der Waals surface area contributed by atoms with E-state index in [1.54, 1.807) is 17.0 Å². The summed E-state index contributed by atoms with van der Waals surface area (Å²) in [5.74, 6) is -0.559. The number of hydrogen-bond acceptors (Lipinski definition) is 5. The molecule has 0 unspecified atom stereocenters. The molecule has 3 aromatic carbocycles. The molecule has 1 amide bonds. The van der Waals surface area contributed by atoms with E-state index in [4.69, 9.17) is 11.6 Å². The maximum Gasteiger partial charge on any atom is 0.246 e. The fourth-order valence-corrected chi connectivity index (χ4v) is 5.75. The number of benzene rings is 3. The number of halogens is 2. The van der Waals surface area contributed by atoms with Gasteiger partial charge in [-0.05, 0) is 59.1 Å². The molecule has 0 bridgehead atoms. The fraction of sp³-hybridized carbons (Fsp3) is 0.200. The lowest BCUT2D eigenvalue weighted by molar-refractivity contribution is -0.128. The number of aromatic nitrogens is 1. The standard InChI is InChI=1S/C25H21ClFN3O2S/c1-3-21(32)30-9-8-29(13-14(30)2)25-19-12-20(26)22(23(27)24(19)28-33-25)18-11-16(31)10-15-6-4-5-7-17(15)18/h3-7,10-12,14,31H,1,8-9,13H2,2H3/t14-/m1/s1. The molecule has 5 nitrogen and oxygen atoms in total. The molecule has 1 aliphatic rings. The molecular weight excluding hydrogens is 461 g/mol. The molecule has 1 fully saturated rings. The van der Waals surface area contributed by atoms with Crippen LogP contribution in [0.1, 0.15) is 6.92 Å². The lowest BCUT2D eigenvalue weighted by Gasteiger charge is -2.39. The van der Waals surface area contributed by atoms with E-state index in [1.807, 2.05) is 31.2 Å². The van der Waals surface area contributed by atoms with Crippen LogP contribution in [0.3, 0.4) is 0 Å². The first-order valence-corrected chi connectivity index (χ1v) is 11.7. The Kier molecular flexibility index (Phi) is 5.46. The molecule has 4 aromatic rings. The van der Waals surface area contributed by atoms with E-state index in [9.17, 15) is 9.90 Å². The Balaban J connectivity index is 1.59. The van der Waals surface area contributed by atoms with Gasteiger partial charge in [0.15, 0.2) is 5.82 Å². The Labute approximate surface area is 199 Å². The number of aromatic hydroxyl groups is 1. The van der Waals surface area contributed by atoms with Crippen molar-refractivity contribution in [3.8, 4) is 16.9 Å². The second kappa shape index (κ2) is 8.32. The van der Waals surface area contributed by atoms with Crippen molar-refractivity contribution in [2.24, 2.45) is 0 Å². The summed E-state index contributed by atoms with van der Waals surface area (Å²) in [6.07, 6.45) is 1.33. The van der Waals surface area contributed by atoms with Crippen LogP contribution in [0, 0.1) is 5.82 Å². The van der Waals surface area contributed by atoms with Crippen LogP contribution in [0.5, 0.6) is 5.75 Å². The van der Waals surface area contributed by atoms with Gasteiger partial charge in [-0.25, -0.2) is 4.39 Å². The number of piperazine rings is 1. The van der Waals surface area contributed by atoms with Crippen LogP contribution in [-0.2, 0) is 4.79 Å². The maximum atomic E-state index is 15.8. The summed E-state index contributed by atoms with van der Waals surface area (Å²) in [6.45, 7) is 7.32. The number of amides is 1. The lowest BCUT2D eigenvalue weighted by atomic mass is 9.96. The predicted octanol–water partition coefficient (Wildman–Crippen LogP) is 5.84. The van der Waals surface area contributed by atoms with Crippen LogP contribution in [0.15, 0.2) is 55.1 Å². The summed E-state index contributed by atoms with van der Waals surface area (Å²) in [7, 11) is 0. The minimum atomic E-state index is -0.510. The second-order valence-electron chi connectivity index (χ2n) is 8.18. The zero-order valence-corrected chi connectivity index (χ0v) is 19.5. The molecule has 0 spiro atoms. The average Bonchev–Trinajstić information content (AvgIpc) is 3.22. The van der Waals surface area contributed by atoms with Crippen molar-refractivity contribution in [1.82, 2.24) is 9.27 Å². The van der Waals surface area contributed by atoms with Gasteiger partial charge in [0.2, 0.25) is 5.91 Å². The van der Waals surface area contributed by atoms with Crippen molar-refractivity contribution in [3.63, 3.8) is 0 Å². The second-order valence-corrected chi connectivity index (χ2v) is 9.34. The number of carbonyl (C=O) groups excluding carboxylic acids is 1. The predicted molar refractivity (Wildman–Crippen MR) is 133 cm³/mol. The van der Waals surface area contributed by atoms with Gasteiger partial charge in [0.1, 0.15) is 16.3 Å². The van der Waals surface area contributed by atoms with Crippen LogP contribution in [0.2, 0.25) is 5.02 Å². The normalized spacial score (nSPS) is 16.5. The zero-order valence-electron chi connectivity index (χ0n) is 17.9. The van der Waals surface area contributed by atoms with Gasteiger partial charge < -0.3 is 14.9 Å². The van der Waals surface area contributed by atoms with Gasteiger partial charge in [0.25, 0.3) is 0 Å². The highest BCUT2D eigenvalue weighted by atomic mass is 35.5. The molecule has 2 heterocycles. The van der Waals surface area contributed by atoms with Crippen molar-refractivity contribution in [3.05, 3.63) is 66.0 Å². The molecule has 8 heteroatoms. The van der Waals surface area contributed by atoms with Gasteiger partial charge in [-0.1, -0.05) is 42.4 Å². The van der Waals surface area contributed by atoms with E-state index in [0.29, 0.717) is 30.6 Å². The third-order valence-electron chi connectivity index (χ3n) is 6.13. The number of hydrogen-bond donors (Lipinski definition) is 1. The molecule has 1 atom stereocenters. The maximum absolute atomic E-state index is 15.8. The van der Waals surface area contributed by atoms with Crippen LogP contribution in [0.25, 0.3) is 32.8 Å². The number of phenols is 1. The van der Waals surface area contributed by atoms with E-state index in [2.05, 4.69) is 15.9 Å². The van der Waals surface area contributed by atoms with Gasteiger partial charge in [0.05, 0.1) is 5.02 Å². The van der Waals surface area contributed by atoms with Gasteiger partial charge >= 0.3 is 0 Å². The first-order valence-electron chi connectivity index (χ1n) is 10.6. The Morgan fingerprint density at radius 3 is 2.82 bits per heavy atom. The molecule has 1 saturated heterocycles. The van der Waals surface area contributed by atoms with E-state index in [-0.39, 0.29) is 33.8 Å².